The van der Waals surface area contributed by atoms with Crippen LogP contribution in [0.25, 0.3) is 0 Å². The average molecular weight is 308 g/mol. The van der Waals surface area contributed by atoms with E-state index in [0.717, 1.165) is 0 Å². The van der Waals surface area contributed by atoms with Crippen molar-refractivity contribution in [2.75, 3.05) is 19.0 Å². The summed E-state index contributed by atoms with van der Waals surface area (Å²) in [6.07, 6.45) is 0.190. The van der Waals surface area contributed by atoms with E-state index in [4.69, 9.17) is 10.5 Å². The largest absolute Gasteiger partial charge is 0.493 e. The molecular weight excluding hydrogens is 284 g/mol. The molecule has 0 aromatic heterocycles. The monoisotopic (exact) mass is 308 g/mol. The van der Waals surface area contributed by atoms with Crippen LogP contribution in [0.4, 0.5) is 5.69 Å². The molecule has 0 radical (unpaired) electrons. The lowest BCUT2D eigenvalue weighted by Crippen LogP contribution is -2.45. The highest BCUT2D eigenvalue weighted by Crippen LogP contribution is 2.20. The molecule has 1 amide bonds. The van der Waals surface area contributed by atoms with E-state index in [1.165, 1.54) is 7.11 Å². The molecule has 0 bridgehead atoms. The number of carbonyl (C=O) groups is 2. The molecule has 122 valence electrons. The van der Waals surface area contributed by atoms with Gasteiger partial charge in [-0.25, -0.2) is 0 Å². The van der Waals surface area contributed by atoms with Crippen LogP contribution in [0.1, 0.15) is 27.2 Å². The van der Waals surface area contributed by atoms with Crippen molar-refractivity contribution in [1.29, 1.82) is 0 Å². The number of benzene rings is 1. The molecule has 0 aliphatic carbocycles. The summed E-state index contributed by atoms with van der Waals surface area (Å²) in [5, 5.41) is 2.77. The van der Waals surface area contributed by atoms with Crippen LogP contribution < -0.4 is 15.8 Å². The fourth-order valence-electron chi connectivity index (χ4n) is 1.60. The van der Waals surface area contributed by atoms with Gasteiger partial charge >= 0.3 is 5.97 Å². The van der Waals surface area contributed by atoms with Crippen LogP contribution in [0, 0.1) is 5.41 Å². The highest BCUT2D eigenvalue weighted by atomic mass is 16.5. The second kappa shape index (κ2) is 7.79. The first-order valence-electron chi connectivity index (χ1n) is 7.10. The SMILES string of the molecule is COC(=O)CCOc1ccc(NC(=O)[C@@H](N)C(C)(C)C)cc1. The maximum Gasteiger partial charge on any atom is 0.308 e. The molecule has 1 rings (SSSR count). The Kier molecular flexibility index (Phi) is 6.37. The highest BCUT2D eigenvalue weighted by Gasteiger charge is 2.27. The zero-order valence-electron chi connectivity index (χ0n) is 13.5. The van der Waals surface area contributed by atoms with Crippen LogP contribution in [-0.4, -0.2) is 31.6 Å². The van der Waals surface area contributed by atoms with Crippen LogP contribution in [0.15, 0.2) is 24.3 Å². The lowest BCUT2D eigenvalue weighted by Gasteiger charge is -2.25. The smallest absolute Gasteiger partial charge is 0.308 e. The second-order valence-corrected chi connectivity index (χ2v) is 6.03. The number of methoxy groups -OCH3 is 1. The van der Waals surface area contributed by atoms with Gasteiger partial charge in [0.25, 0.3) is 0 Å². The third-order valence-corrected chi connectivity index (χ3v) is 3.14. The van der Waals surface area contributed by atoms with Gasteiger partial charge in [0.05, 0.1) is 26.2 Å². The summed E-state index contributed by atoms with van der Waals surface area (Å²) in [5.74, 6) is 0.0638. The number of rotatable bonds is 6. The fraction of sp³-hybridized carbons (Fsp3) is 0.500. The van der Waals surface area contributed by atoms with E-state index >= 15 is 0 Å². The van der Waals surface area contributed by atoms with Crippen LogP contribution in [0.2, 0.25) is 0 Å². The van der Waals surface area contributed by atoms with Crippen LogP contribution in [0.3, 0.4) is 0 Å². The van der Waals surface area contributed by atoms with E-state index in [-0.39, 0.29) is 30.3 Å². The first kappa shape index (κ1) is 18.0. The van der Waals surface area contributed by atoms with Crippen LogP contribution >= 0.6 is 0 Å². The topological polar surface area (TPSA) is 90.6 Å². The van der Waals surface area contributed by atoms with Gasteiger partial charge in [0.2, 0.25) is 5.91 Å². The normalized spacial score (nSPS) is 12.4. The van der Waals surface area contributed by atoms with Gasteiger partial charge in [-0.3, -0.25) is 9.59 Å². The van der Waals surface area contributed by atoms with Crippen molar-refractivity contribution in [1.82, 2.24) is 0 Å². The Morgan fingerprint density at radius 1 is 1.23 bits per heavy atom. The molecule has 6 nitrogen and oxygen atoms in total. The molecule has 0 heterocycles. The average Bonchev–Trinajstić information content (AvgIpc) is 2.47. The maximum atomic E-state index is 12.0. The second-order valence-electron chi connectivity index (χ2n) is 6.03. The number of anilines is 1. The summed E-state index contributed by atoms with van der Waals surface area (Å²) < 4.78 is 9.92. The zero-order chi connectivity index (χ0) is 16.8. The number of nitrogens with two attached hydrogens (primary N) is 1. The predicted octanol–water partition coefficient (Wildman–Crippen LogP) is 1.94. The van der Waals surface area contributed by atoms with E-state index < -0.39 is 6.04 Å². The third kappa shape index (κ3) is 5.73. The Morgan fingerprint density at radius 3 is 2.32 bits per heavy atom. The van der Waals surface area contributed by atoms with E-state index in [1.807, 2.05) is 20.8 Å². The van der Waals surface area contributed by atoms with Gasteiger partial charge in [-0.2, -0.15) is 0 Å². The third-order valence-electron chi connectivity index (χ3n) is 3.14. The van der Waals surface area contributed by atoms with Gasteiger partial charge < -0.3 is 20.5 Å². The van der Waals surface area contributed by atoms with Crippen molar-refractivity contribution >= 4 is 17.6 Å². The minimum atomic E-state index is -0.594. The van der Waals surface area contributed by atoms with E-state index in [9.17, 15) is 9.59 Å². The zero-order valence-corrected chi connectivity index (χ0v) is 13.5. The summed E-state index contributed by atoms with van der Waals surface area (Å²) in [6, 6.07) is 6.29. The van der Waals surface area contributed by atoms with Gasteiger partial charge in [0.1, 0.15) is 5.75 Å². The molecule has 22 heavy (non-hydrogen) atoms. The number of nitrogens with one attached hydrogen (secondary N) is 1. The molecule has 1 aromatic carbocycles. The fourth-order valence-corrected chi connectivity index (χ4v) is 1.60. The molecule has 3 N–H and O–H groups in total. The lowest BCUT2D eigenvalue weighted by atomic mass is 9.87. The summed E-state index contributed by atoms with van der Waals surface area (Å²) >= 11 is 0. The summed E-state index contributed by atoms with van der Waals surface area (Å²) in [6.45, 7) is 5.98. The number of ether oxygens (including phenoxy) is 2. The molecule has 0 spiro atoms. The predicted molar refractivity (Wildman–Crippen MR) is 84.6 cm³/mol. The Morgan fingerprint density at radius 2 is 1.82 bits per heavy atom. The molecule has 0 aliphatic heterocycles. The molecule has 0 aliphatic rings. The highest BCUT2D eigenvalue weighted by molar-refractivity contribution is 5.95. The van der Waals surface area contributed by atoms with Crippen molar-refractivity contribution < 1.29 is 19.1 Å². The molecule has 0 fully saturated rings. The molecular formula is C16H24N2O4. The first-order chi connectivity index (χ1) is 10.2. The Bertz CT molecular complexity index is 506. The summed E-state index contributed by atoms with van der Waals surface area (Å²) in [7, 11) is 1.34. The minimum absolute atomic E-state index is 0.190. The minimum Gasteiger partial charge on any atom is -0.493 e. The van der Waals surface area contributed by atoms with Gasteiger partial charge in [-0.05, 0) is 29.7 Å². The van der Waals surface area contributed by atoms with Crippen molar-refractivity contribution in [3.05, 3.63) is 24.3 Å². The van der Waals surface area contributed by atoms with Gasteiger partial charge in [0, 0.05) is 5.69 Å². The molecule has 0 unspecified atom stereocenters. The van der Waals surface area contributed by atoms with Crippen molar-refractivity contribution in [3.8, 4) is 5.75 Å². The Labute approximate surface area is 131 Å². The lowest BCUT2D eigenvalue weighted by molar-refractivity contribution is -0.141. The van der Waals surface area contributed by atoms with E-state index in [2.05, 4.69) is 10.1 Å². The Hall–Kier alpha value is -2.08. The first-order valence-corrected chi connectivity index (χ1v) is 7.10. The quantitative estimate of drug-likeness (QED) is 0.784. The molecule has 1 aromatic rings. The van der Waals surface area contributed by atoms with E-state index in [1.54, 1.807) is 24.3 Å². The Balaban J connectivity index is 2.51. The van der Waals surface area contributed by atoms with Crippen molar-refractivity contribution in [2.45, 2.75) is 33.2 Å². The summed E-state index contributed by atoms with van der Waals surface area (Å²) in [4.78, 5) is 23.0. The standard InChI is InChI=1S/C16H24N2O4/c1-16(2,3)14(17)15(20)18-11-5-7-12(8-6-11)22-10-9-13(19)21-4/h5-8,14H,9-10,17H2,1-4H3,(H,18,20)/t14-/m1/s1. The van der Waals surface area contributed by atoms with Gasteiger partial charge in [-0.1, -0.05) is 20.8 Å². The van der Waals surface area contributed by atoms with E-state index in [0.29, 0.717) is 11.4 Å². The molecule has 0 saturated heterocycles. The molecule has 1 atom stereocenters. The van der Waals surface area contributed by atoms with Crippen molar-refractivity contribution in [3.63, 3.8) is 0 Å². The van der Waals surface area contributed by atoms with Crippen LogP contribution in [-0.2, 0) is 14.3 Å². The van der Waals surface area contributed by atoms with Gasteiger partial charge in [-0.15, -0.1) is 0 Å². The molecule has 6 heteroatoms. The van der Waals surface area contributed by atoms with Gasteiger partial charge in [0.15, 0.2) is 0 Å². The number of hydrogen-bond acceptors (Lipinski definition) is 5. The number of esters is 1. The number of carbonyl (C=O) groups excluding carboxylic acids is 2. The van der Waals surface area contributed by atoms with Crippen LogP contribution in [0.5, 0.6) is 5.75 Å². The maximum absolute atomic E-state index is 12.0. The summed E-state index contributed by atoms with van der Waals surface area (Å²) in [5.41, 5.74) is 6.24. The molecule has 0 saturated carbocycles. The number of amides is 1. The number of hydrogen-bond donors (Lipinski definition) is 2. The van der Waals surface area contributed by atoms with Crippen molar-refractivity contribution in [2.24, 2.45) is 11.1 Å².